The Bertz CT molecular complexity index is 521. The Labute approximate surface area is 125 Å². The van der Waals surface area contributed by atoms with E-state index in [1.54, 1.807) is 0 Å². The van der Waals surface area contributed by atoms with Crippen LogP contribution < -0.4 is 0 Å². The Balaban J connectivity index is 1.74. The van der Waals surface area contributed by atoms with Crippen molar-refractivity contribution in [3.63, 3.8) is 0 Å². The van der Waals surface area contributed by atoms with Crippen molar-refractivity contribution >= 4 is 11.6 Å². The molecule has 0 radical (unpaired) electrons. The molecule has 0 spiro atoms. The normalized spacial score (nSPS) is 24.6. The first kappa shape index (κ1) is 14.1. The molecule has 3 rings (SSSR count). The smallest absolute Gasteiger partial charge is 0.223 e. The fraction of sp³-hybridized carbons (Fsp3) is 0.529. The fourth-order valence-electron chi connectivity index (χ4n) is 3.64. The van der Waals surface area contributed by atoms with Gasteiger partial charge in [-0.3, -0.25) is 4.79 Å². The van der Waals surface area contributed by atoms with E-state index in [0.29, 0.717) is 24.7 Å². The number of hydrogen-bond donors (Lipinski definition) is 1. The molecule has 1 unspecified atom stereocenters. The molecule has 1 aromatic rings. The summed E-state index contributed by atoms with van der Waals surface area (Å²) in [5.74, 6) is 0.218. The Morgan fingerprint density at radius 3 is 2.52 bits per heavy atom. The first-order chi connectivity index (χ1) is 10.3. The number of carbonyl (C=O) groups excluding carboxylic acids is 1. The summed E-state index contributed by atoms with van der Waals surface area (Å²) in [6.07, 6.45) is 6.43. The van der Waals surface area contributed by atoms with Crippen LogP contribution in [0.15, 0.2) is 35.5 Å². The number of oxime groups is 1. The van der Waals surface area contributed by atoms with Gasteiger partial charge in [-0.1, -0.05) is 54.8 Å². The summed E-state index contributed by atoms with van der Waals surface area (Å²) in [5.41, 5.74) is 1.55. The lowest BCUT2D eigenvalue weighted by molar-refractivity contribution is -0.130. The van der Waals surface area contributed by atoms with Crippen molar-refractivity contribution < 1.29 is 10.0 Å². The summed E-state index contributed by atoms with van der Waals surface area (Å²) in [4.78, 5) is 14.4. The van der Waals surface area contributed by atoms with E-state index in [-0.39, 0.29) is 11.8 Å². The second kappa shape index (κ2) is 6.29. The molecule has 2 fully saturated rings. The summed E-state index contributed by atoms with van der Waals surface area (Å²) < 4.78 is 0. The summed E-state index contributed by atoms with van der Waals surface area (Å²) in [6.45, 7) is 0.692. The Kier molecular flexibility index (Phi) is 4.23. The Morgan fingerprint density at radius 2 is 1.86 bits per heavy atom. The van der Waals surface area contributed by atoms with E-state index in [1.165, 1.54) is 19.3 Å². The standard InChI is InChI=1S/C17H22N2O2/c20-16-11-14(12-19(16)15-9-5-2-6-10-15)17(18-21)13-7-3-1-4-8-13/h1,3-4,7-8,14-15,21H,2,5-6,9-12H2/b18-17-. The van der Waals surface area contributed by atoms with Gasteiger partial charge in [0.25, 0.3) is 0 Å². The molecule has 1 heterocycles. The lowest BCUT2D eigenvalue weighted by Crippen LogP contribution is -2.38. The maximum atomic E-state index is 12.3. The highest BCUT2D eigenvalue weighted by Gasteiger charge is 2.37. The highest BCUT2D eigenvalue weighted by molar-refractivity contribution is 6.04. The largest absolute Gasteiger partial charge is 0.411 e. The van der Waals surface area contributed by atoms with Gasteiger partial charge in [-0.15, -0.1) is 0 Å². The zero-order valence-electron chi connectivity index (χ0n) is 12.2. The number of rotatable bonds is 3. The average Bonchev–Trinajstić information content (AvgIpc) is 2.92. The van der Waals surface area contributed by atoms with Gasteiger partial charge in [-0.25, -0.2) is 0 Å². The molecule has 1 amide bonds. The van der Waals surface area contributed by atoms with Gasteiger partial charge in [0.1, 0.15) is 0 Å². The molecular weight excluding hydrogens is 264 g/mol. The number of nitrogens with zero attached hydrogens (tertiary/aromatic N) is 2. The van der Waals surface area contributed by atoms with Crippen LogP contribution in [0, 0.1) is 5.92 Å². The molecule has 0 aromatic heterocycles. The van der Waals surface area contributed by atoms with Crippen LogP contribution in [0.3, 0.4) is 0 Å². The molecule has 1 aliphatic carbocycles. The van der Waals surface area contributed by atoms with Gasteiger partial charge < -0.3 is 10.1 Å². The lowest BCUT2D eigenvalue weighted by atomic mass is 9.94. The van der Waals surface area contributed by atoms with Gasteiger partial charge >= 0.3 is 0 Å². The summed E-state index contributed by atoms with van der Waals surface area (Å²) in [7, 11) is 0. The van der Waals surface area contributed by atoms with E-state index < -0.39 is 0 Å². The third kappa shape index (κ3) is 2.94. The van der Waals surface area contributed by atoms with Gasteiger partial charge in [-0.05, 0) is 18.4 Å². The summed E-state index contributed by atoms with van der Waals surface area (Å²) in [6, 6.07) is 10.1. The van der Waals surface area contributed by atoms with Crippen LogP contribution in [0.1, 0.15) is 44.1 Å². The molecule has 1 N–H and O–H groups in total. The zero-order chi connectivity index (χ0) is 14.7. The van der Waals surface area contributed by atoms with Crippen LogP contribution in [-0.2, 0) is 4.79 Å². The van der Waals surface area contributed by atoms with Gasteiger partial charge in [0.15, 0.2) is 0 Å². The number of benzene rings is 1. The quantitative estimate of drug-likeness (QED) is 0.527. The Morgan fingerprint density at radius 1 is 1.14 bits per heavy atom. The van der Waals surface area contributed by atoms with Crippen LogP contribution in [-0.4, -0.2) is 34.3 Å². The molecule has 2 aliphatic rings. The number of carbonyl (C=O) groups is 1. The first-order valence-corrected chi connectivity index (χ1v) is 7.86. The molecule has 1 aromatic carbocycles. The minimum Gasteiger partial charge on any atom is -0.411 e. The summed E-state index contributed by atoms with van der Waals surface area (Å²) >= 11 is 0. The molecule has 112 valence electrons. The average molecular weight is 286 g/mol. The second-order valence-electron chi connectivity index (χ2n) is 6.09. The van der Waals surface area contributed by atoms with Crippen molar-refractivity contribution in [3.8, 4) is 0 Å². The van der Waals surface area contributed by atoms with Crippen molar-refractivity contribution in [3.05, 3.63) is 35.9 Å². The van der Waals surface area contributed by atoms with E-state index in [4.69, 9.17) is 0 Å². The molecule has 0 bridgehead atoms. The molecular formula is C17H22N2O2. The highest BCUT2D eigenvalue weighted by Crippen LogP contribution is 2.30. The van der Waals surface area contributed by atoms with E-state index in [1.807, 2.05) is 35.2 Å². The van der Waals surface area contributed by atoms with Crippen molar-refractivity contribution in [1.82, 2.24) is 4.90 Å². The van der Waals surface area contributed by atoms with Crippen molar-refractivity contribution in [1.29, 1.82) is 0 Å². The van der Waals surface area contributed by atoms with Crippen molar-refractivity contribution in [2.45, 2.75) is 44.6 Å². The van der Waals surface area contributed by atoms with Crippen molar-refractivity contribution in [2.75, 3.05) is 6.54 Å². The molecule has 1 aliphatic heterocycles. The van der Waals surface area contributed by atoms with E-state index in [9.17, 15) is 10.0 Å². The zero-order valence-corrected chi connectivity index (χ0v) is 12.2. The number of amides is 1. The Hall–Kier alpha value is -1.84. The van der Waals surface area contributed by atoms with Crippen molar-refractivity contribution in [2.24, 2.45) is 11.1 Å². The molecule has 1 saturated heterocycles. The third-order valence-electron chi connectivity index (χ3n) is 4.74. The van der Waals surface area contributed by atoms with Crippen LogP contribution in [0.2, 0.25) is 0 Å². The molecule has 4 nitrogen and oxygen atoms in total. The SMILES string of the molecule is O=C1CC(/C(=N\O)c2ccccc2)CN1C1CCCCC1. The second-order valence-corrected chi connectivity index (χ2v) is 6.09. The van der Waals surface area contributed by atoms with Gasteiger partial charge in [0, 0.05) is 24.9 Å². The number of likely N-dealkylation sites (tertiary alicyclic amines) is 1. The first-order valence-electron chi connectivity index (χ1n) is 7.86. The van der Waals surface area contributed by atoms with Crippen LogP contribution >= 0.6 is 0 Å². The van der Waals surface area contributed by atoms with E-state index >= 15 is 0 Å². The maximum absolute atomic E-state index is 12.3. The summed E-state index contributed by atoms with van der Waals surface area (Å²) in [5, 5.41) is 12.9. The minimum absolute atomic E-state index is 0.00632. The van der Waals surface area contributed by atoms with Crippen LogP contribution in [0.5, 0.6) is 0 Å². The topological polar surface area (TPSA) is 52.9 Å². The maximum Gasteiger partial charge on any atom is 0.223 e. The van der Waals surface area contributed by atoms with E-state index in [2.05, 4.69) is 5.16 Å². The third-order valence-corrected chi connectivity index (χ3v) is 4.74. The predicted octanol–water partition coefficient (Wildman–Crippen LogP) is 3.05. The van der Waals surface area contributed by atoms with Gasteiger partial charge in [0.05, 0.1) is 5.71 Å². The molecule has 21 heavy (non-hydrogen) atoms. The van der Waals surface area contributed by atoms with Gasteiger partial charge in [-0.2, -0.15) is 0 Å². The fourth-order valence-corrected chi connectivity index (χ4v) is 3.64. The highest BCUT2D eigenvalue weighted by atomic mass is 16.4. The predicted molar refractivity (Wildman–Crippen MR) is 81.5 cm³/mol. The minimum atomic E-state index is 0.00632. The van der Waals surface area contributed by atoms with Crippen LogP contribution in [0.4, 0.5) is 0 Å². The van der Waals surface area contributed by atoms with Crippen LogP contribution in [0.25, 0.3) is 0 Å². The molecule has 4 heteroatoms. The van der Waals surface area contributed by atoms with Gasteiger partial charge in [0.2, 0.25) is 5.91 Å². The molecule has 1 saturated carbocycles. The lowest BCUT2D eigenvalue weighted by Gasteiger charge is -2.31. The van der Waals surface area contributed by atoms with E-state index in [0.717, 1.165) is 18.4 Å². The molecule has 1 atom stereocenters. The monoisotopic (exact) mass is 286 g/mol. The number of hydrogen-bond acceptors (Lipinski definition) is 3.